The lowest BCUT2D eigenvalue weighted by molar-refractivity contribution is -0.118. The zero-order chi connectivity index (χ0) is 19.0. The lowest BCUT2D eigenvalue weighted by atomic mass is 9.94. The molecule has 2 N–H and O–H groups in total. The van der Waals surface area contributed by atoms with Crippen molar-refractivity contribution >= 4 is 17.5 Å². The summed E-state index contributed by atoms with van der Waals surface area (Å²) in [5.74, 6) is -0.747. The van der Waals surface area contributed by atoms with Gasteiger partial charge in [-0.25, -0.2) is 18.4 Å². The molecule has 27 heavy (non-hydrogen) atoms. The van der Waals surface area contributed by atoms with Crippen LogP contribution in [0.1, 0.15) is 18.4 Å². The van der Waals surface area contributed by atoms with E-state index in [0.717, 1.165) is 0 Å². The van der Waals surface area contributed by atoms with Gasteiger partial charge in [-0.3, -0.25) is 4.79 Å². The highest BCUT2D eigenvalue weighted by Gasteiger charge is 2.52. The van der Waals surface area contributed by atoms with Crippen molar-refractivity contribution in [2.75, 3.05) is 17.7 Å². The first kappa shape index (κ1) is 17.1. The van der Waals surface area contributed by atoms with E-state index < -0.39 is 11.2 Å². The number of benzene rings is 1. The molecular weight excluding hydrogens is 352 g/mol. The van der Waals surface area contributed by atoms with Crippen LogP contribution in [0.2, 0.25) is 0 Å². The number of anilines is 2. The Labute approximate surface area is 154 Å². The molecule has 1 aliphatic carbocycles. The Bertz CT molecular complexity index is 1010. The summed E-state index contributed by atoms with van der Waals surface area (Å²) in [5.41, 5.74) is -0.0323. The summed E-state index contributed by atoms with van der Waals surface area (Å²) in [7, 11) is 1.58. The van der Waals surface area contributed by atoms with Gasteiger partial charge in [-0.05, 0) is 18.9 Å². The molecule has 0 spiro atoms. The number of aromatic nitrogens is 3. The minimum atomic E-state index is -0.850. The fraction of sp³-hybridized carbons (Fsp3) is 0.211. The van der Waals surface area contributed by atoms with Gasteiger partial charge in [0.25, 0.3) is 0 Å². The van der Waals surface area contributed by atoms with Gasteiger partial charge in [-0.15, -0.1) is 0 Å². The Morgan fingerprint density at radius 3 is 2.63 bits per heavy atom. The smallest absolute Gasteiger partial charge is 0.236 e. The lowest BCUT2D eigenvalue weighted by Crippen LogP contribution is -2.29. The Morgan fingerprint density at radius 1 is 1.19 bits per heavy atom. The number of carbonyl (C=O) groups is 1. The summed E-state index contributed by atoms with van der Waals surface area (Å²) in [6.07, 6.45) is 4.23. The number of hydrogen-bond donors (Lipinski definition) is 2. The first-order valence-corrected chi connectivity index (χ1v) is 8.49. The van der Waals surface area contributed by atoms with E-state index in [4.69, 9.17) is 0 Å². The van der Waals surface area contributed by atoms with Crippen molar-refractivity contribution < 1.29 is 13.6 Å². The van der Waals surface area contributed by atoms with Gasteiger partial charge in [-0.2, -0.15) is 5.10 Å². The fourth-order valence-electron chi connectivity index (χ4n) is 3.10. The van der Waals surface area contributed by atoms with Crippen LogP contribution in [0.4, 0.5) is 20.4 Å². The molecule has 0 bridgehead atoms. The quantitative estimate of drug-likeness (QED) is 0.724. The second-order valence-electron chi connectivity index (χ2n) is 6.44. The lowest BCUT2D eigenvalue weighted by Gasteiger charge is -2.15. The highest BCUT2D eigenvalue weighted by molar-refractivity contribution is 6.00. The molecule has 0 saturated heterocycles. The van der Waals surface area contributed by atoms with Gasteiger partial charge >= 0.3 is 0 Å². The molecule has 8 heteroatoms. The second kappa shape index (κ2) is 6.46. The molecule has 0 aliphatic heterocycles. The maximum Gasteiger partial charge on any atom is 0.236 e. The van der Waals surface area contributed by atoms with E-state index in [1.54, 1.807) is 37.5 Å². The van der Waals surface area contributed by atoms with Crippen LogP contribution in [0.5, 0.6) is 0 Å². The van der Waals surface area contributed by atoms with Crippen molar-refractivity contribution in [3.05, 3.63) is 66.0 Å². The first-order chi connectivity index (χ1) is 13.0. The van der Waals surface area contributed by atoms with Crippen molar-refractivity contribution in [3.8, 4) is 5.69 Å². The number of halogens is 2. The molecule has 2 heterocycles. The van der Waals surface area contributed by atoms with Crippen LogP contribution in [-0.4, -0.2) is 27.7 Å². The number of hydrogen-bond acceptors (Lipinski definition) is 4. The third-order valence-electron chi connectivity index (χ3n) is 4.73. The van der Waals surface area contributed by atoms with E-state index in [1.165, 1.54) is 23.0 Å². The molecule has 1 fully saturated rings. The maximum absolute atomic E-state index is 14.1. The molecule has 6 nitrogen and oxygen atoms in total. The van der Waals surface area contributed by atoms with E-state index in [2.05, 4.69) is 20.7 Å². The molecule has 4 rings (SSSR count). The largest absolute Gasteiger partial charge is 0.371 e. The summed E-state index contributed by atoms with van der Waals surface area (Å²) < 4.78 is 29.4. The minimum Gasteiger partial charge on any atom is -0.371 e. The van der Waals surface area contributed by atoms with Gasteiger partial charge in [0.15, 0.2) is 17.5 Å². The summed E-state index contributed by atoms with van der Waals surface area (Å²) >= 11 is 0. The molecule has 1 saturated carbocycles. The highest BCUT2D eigenvalue weighted by atomic mass is 19.1. The molecule has 0 unspecified atom stereocenters. The second-order valence-corrected chi connectivity index (χ2v) is 6.44. The van der Waals surface area contributed by atoms with Gasteiger partial charge in [0, 0.05) is 30.9 Å². The van der Waals surface area contributed by atoms with Gasteiger partial charge in [0.1, 0.15) is 5.82 Å². The van der Waals surface area contributed by atoms with Gasteiger partial charge in [0.05, 0.1) is 17.3 Å². The SMILES string of the molecule is CNc1ncc(-n2ccc(NC(=O)C3(c4ccccc4F)CC3)n2)cc1F. The Hall–Kier alpha value is -3.29. The van der Waals surface area contributed by atoms with E-state index >= 15 is 0 Å². The topological polar surface area (TPSA) is 71.8 Å². The van der Waals surface area contributed by atoms with E-state index in [-0.39, 0.29) is 17.5 Å². The van der Waals surface area contributed by atoms with Crippen LogP contribution in [0.3, 0.4) is 0 Å². The molecular formula is C19H17F2N5O. The number of carbonyl (C=O) groups excluding carboxylic acids is 1. The fourth-order valence-corrected chi connectivity index (χ4v) is 3.10. The zero-order valence-corrected chi connectivity index (χ0v) is 14.5. The van der Waals surface area contributed by atoms with Crippen molar-refractivity contribution in [1.29, 1.82) is 0 Å². The molecule has 0 radical (unpaired) electrons. The number of pyridine rings is 1. The standard InChI is InChI=1S/C19H17F2N5O/c1-22-17-15(21)10-12(11-23-17)26-9-6-16(25-26)24-18(27)19(7-8-19)13-4-2-3-5-14(13)20/h2-6,9-11H,7-8H2,1H3,(H,22,23)(H,24,25,27). The minimum absolute atomic E-state index is 0.139. The van der Waals surface area contributed by atoms with Crippen molar-refractivity contribution in [1.82, 2.24) is 14.8 Å². The normalized spacial score (nSPS) is 14.6. The van der Waals surface area contributed by atoms with Crippen LogP contribution < -0.4 is 10.6 Å². The number of nitrogens with zero attached hydrogens (tertiary/aromatic N) is 3. The third-order valence-corrected chi connectivity index (χ3v) is 4.73. The number of amides is 1. The predicted octanol–water partition coefficient (Wildman–Crippen LogP) is 3.26. The molecule has 3 aromatic rings. The van der Waals surface area contributed by atoms with Crippen LogP contribution in [0.25, 0.3) is 5.69 Å². The highest BCUT2D eigenvalue weighted by Crippen LogP contribution is 2.49. The number of nitrogens with one attached hydrogen (secondary N) is 2. The van der Waals surface area contributed by atoms with Crippen molar-refractivity contribution in [2.24, 2.45) is 0 Å². The van der Waals surface area contributed by atoms with E-state index in [9.17, 15) is 13.6 Å². The molecule has 1 amide bonds. The van der Waals surface area contributed by atoms with Gasteiger partial charge in [0.2, 0.25) is 5.91 Å². The summed E-state index contributed by atoms with van der Waals surface area (Å²) in [5, 5.41) is 9.62. The monoisotopic (exact) mass is 369 g/mol. The third kappa shape index (κ3) is 3.03. The van der Waals surface area contributed by atoms with E-state index in [1.807, 2.05) is 0 Å². The molecule has 2 aromatic heterocycles. The Morgan fingerprint density at radius 2 is 1.96 bits per heavy atom. The Balaban J connectivity index is 1.54. The van der Waals surface area contributed by atoms with Gasteiger partial charge < -0.3 is 10.6 Å². The van der Waals surface area contributed by atoms with Crippen LogP contribution in [0.15, 0.2) is 48.8 Å². The molecule has 1 aromatic carbocycles. The van der Waals surface area contributed by atoms with Crippen molar-refractivity contribution in [2.45, 2.75) is 18.3 Å². The maximum atomic E-state index is 14.1. The molecule has 138 valence electrons. The Kier molecular flexibility index (Phi) is 4.10. The first-order valence-electron chi connectivity index (χ1n) is 8.49. The van der Waals surface area contributed by atoms with E-state index in [0.29, 0.717) is 29.9 Å². The summed E-state index contributed by atoms with van der Waals surface area (Å²) in [6.45, 7) is 0. The van der Waals surface area contributed by atoms with Crippen molar-refractivity contribution in [3.63, 3.8) is 0 Å². The molecule has 0 atom stereocenters. The average molecular weight is 369 g/mol. The average Bonchev–Trinajstić information content (AvgIpc) is 3.35. The molecule has 1 aliphatic rings. The van der Waals surface area contributed by atoms with Gasteiger partial charge in [-0.1, -0.05) is 18.2 Å². The van der Waals surface area contributed by atoms with Crippen LogP contribution in [0, 0.1) is 11.6 Å². The predicted molar refractivity (Wildman–Crippen MR) is 96.8 cm³/mol. The number of rotatable bonds is 5. The summed E-state index contributed by atoms with van der Waals surface area (Å²) in [4.78, 5) is 16.7. The van der Waals surface area contributed by atoms with Crippen LogP contribution in [-0.2, 0) is 10.2 Å². The van der Waals surface area contributed by atoms with Crippen LogP contribution >= 0.6 is 0 Å². The zero-order valence-electron chi connectivity index (χ0n) is 14.5. The summed E-state index contributed by atoms with van der Waals surface area (Å²) in [6, 6.07) is 9.20.